The predicted octanol–water partition coefficient (Wildman–Crippen LogP) is 9.22. The molecule has 0 saturated heterocycles. The highest BCUT2D eigenvalue weighted by Gasteiger charge is 2.45. The van der Waals surface area contributed by atoms with Gasteiger partial charge < -0.3 is 9.64 Å². The maximum Gasteiger partial charge on any atom is 0.210 e. The van der Waals surface area contributed by atoms with Crippen molar-refractivity contribution in [1.29, 1.82) is 0 Å². The van der Waals surface area contributed by atoms with Crippen molar-refractivity contribution in [2.75, 3.05) is 31.7 Å². The molecule has 0 radical (unpaired) electrons. The molecular formula is C39H43N2O+. The Bertz CT molecular complexity index is 1780. The third-order valence-corrected chi connectivity index (χ3v) is 9.20. The van der Waals surface area contributed by atoms with E-state index in [2.05, 4.69) is 147 Å². The van der Waals surface area contributed by atoms with E-state index in [0.29, 0.717) is 6.61 Å². The van der Waals surface area contributed by atoms with E-state index < -0.39 is 0 Å². The fourth-order valence-corrected chi connectivity index (χ4v) is 7.32. The fourth-order valence-electron chi connectivity index (χ4n) is 7.32. The Balaban J connectivity index is 1.35. The third kappa shape index (κ3) is 4.51. The maximum absolute atomic E-state index is 5.52. The summed E-state index contributed by atoms with van der Waals surface area (Å²) in [7, 11) is 1.78. The molecule has 42 heavy (non-hydrogen) atoms. The minimum absolute atomic E-state index is 0.0821. The van der Waals surface area contributed by atoms with Crippen LogP contribution in [-0.4, -0.2) is 37.1 Å². The highest BCUT2D eigenvalue weighted by molar-refractivity contribution is 6.07. The van der Waals surface area contributed by atoms with E-state index in [4.69, 9.17) is 4.74 Å². The predicted molar refractivity (Wildman–Crippen MR) is 180 cm³/mol. The van der Waals surface area contributed by atoms with Crippen LogP contribution in [0.15, 0.2) is 109 Å². The van der Waals surface area contributed by atoms with Gasteiger partial charge in [0.1, 0.15) is 6.54 Å². The molecule has 0 fully saturated rings. The van der Waals surface area contributed by atoms with Gasteiger partial charge in [0.2, 0.25) is 5.69 Å². The van der Waals surface area contributed by atoms with Crippen molar-refractivity contribution in [2.24, 2.45) is 0 Å². The Hall–Kier alpha value is -3.95. The van der Waals surface area contributed by atoms with Gasteiger partial charge in [0.05, 0.1) is 12.0 Å². The number of allylic oxidation sites excluding steroid dienone is 6. The number of ether oxygens (including phenoxy) is 1. The summed E-state index contributed by atoms with van der Waals surface area (Å²) in [5, 5.41) is 5.29. The van der Waals surface area contributed by atoms with Crippen LogP contribution < -0.4 is 4.90 Å². The molecule has 3 nitrogen and oxygen atoms in total. The van der Waals surface area contributed by atoms with Crippen molar-refractivity contribution in [3.63, 3.8) is 0 Å². The molecule has 214 valence electrons. The van der Waals surface area contributed by atoms with Crippen molar-refractivity contribution in [2.45, 2.75) is 51.9 Å². The molecule has 0 aromatic heterocycles. The summed E-state index contributed by atoms with van der Waals surface area (Å²) in [6.45, 7) is 14.2. The smallest absolute Gasteiger partial charge is 0.210 e. The lowest BCUT2D eigenvalue weighted by Crippen LogP contribution is -2.28. The van der Waals surface area contributed by atoms with E-state index in [1.54, 1.807) is 7.11 Å². The number of methoxy groups -OCH3 is 1. The molecular weight excluding hydrogens is 512 g/mol. The standard InChI is InChI=1S/C39H43N2O/c1-7-25-40-32-23-21-28-15-11-13-17-30(28)36(32)38(2,3)34(40)19-9-8-10-20-35-39(4,5)37-31-18-14-12-16-29(31)22-24-33(37)41(35)26-27-42-6/h8-24H,7,25-27H2,1-6H3/q+1. The van der Waals surface area contributed by atoms with Crippen LogP contribution in [0.2, 0.25) is 0 Å². The second-order valence-electron chi connectivity index (χ2n) is 12.6. The highest BCUT2D eigenvalue weighted by atomic mass is 16.5. The van der Waals surface area contributed by atoms with Crippen LogP contribution in [0.3, 0.4) is 0 Å². The lowest BCUT2D eigenvalue weighted by Gasteiger charge is -2.26. The Labute approximate surface area is 251 Å². The van der Waals surface area contributed by atoms with Gasteiger partial charge in [0.15, 0.2) is 5.71 Å². The lowest BCUT2D eigenvalue weighted by molar-refractivity contribution is -0.437. The molecule has 4 aromatic rings. The molecule has 0 bridgehead atoms. The summed E-state index contributed by atoms with van der Waals surface area (Å²) < 4.78 is 8.05. The summed E-state index contributed by atoms with van der Waals surface area (Å²) in [6, 6.07) is 26.6. The Kier molecular flexibility index (Phi) is 7.41. The SMILES string of the molecule is CCC[N+]1=C(C=CC=CC=C2N(CCOC)c3ccc4ccccc4c3C2(C)C)C(C)(C)c2c1ccc1ccccc21. The van der Waals surface area contributed by atoms with Crippen molar-refractivity contribution in [3.8, 4) is 0 Å². The normalized spacial score (nSPS) is 18.3. The summed E-state index contributed by atoms with van der Waals surface area (Å²) >= 11 is 0. The Morgan fingerprint density at radius 1 is 0.762 bits per heavy atom. The van der Waals surface area contributed by atoms with Gasteiger partial charge in [-0.15, -0.1) is 0 Å². The minimum atomic E-state index is -0.124. The van der Waals surface area contributed by atoms with Crippen LogP contribution in [0.5, 0.6) is 0 Å². The van der Waals surface area contributed by atoms with Crippen LogP contribution in [0, 0.1) is 0 Å². The zero-order valence-electron chi connectivity index (χ0n) is 25.9. The first-order valence-electron chi connectivity index (χ1n) is 15.3. The van der Waals surface area contributed by atoms with E-state index >= 15 is 0 Å². The molecule has 0 spiro atoms. The van der Waals surface area contributed by atoms with Crippen LogP contribution in [-0.2, 0) is 15.6 Å². The zero-order valence-corrected chi connectivity index (χ0v) is 25.9. The van der Waals surface area contributed by atoms with E-state index in [-0.39, 0.29) is 10.8 Å². The number of hydrogen-bond acceptors (Lipinski definition) is 2. The molecule has 0 atom stereocenters. The van der Waals surface area contributed by atoms with E-state index in [9.17, 15) is 0 Å². The monoisotopic (exact) mass is 555 g/mol. The van der Waals surface area contributed by atoms with Crippen molar-refractivity contribution >= 4 is 38.6 Å². The van der Waals surface area contributed by atoms with Crippen molar-refractivity contribution in [3.05, 3.63) is 120 Å². The van der Waals surface area contributed by atoms with Crippen LogP contribution >= 0.6 is 0 Å². The van der Waals surface area contributed by atoms with Crippen LogP contribution in [0.4, 0.5) is 11.4 Å². The van der Waals surface area contributed by atoms with Gasteiger partial charge >= 0.3 is 0 Å². The lowest BCUT2D eigenvalue weighted by atomic mass is 9.79. The van der Waals surface area contributed by atoms with Gasteiger partial charge in [-0.05, 0) is 59.2 Å². The summed E-state index contributed by atoms with van der Waals surface area (Å²) in [5.74, 6) is 0. The minimum Gasteiger partial charge on any atom is -0.383 e. The molecule has 0 unspecified atom stereocenters. The molecule has 0 amide bonds. The van der Waals surface area contributed by atoms with Gasteiger partial charge in [-0.2, -0.15) is 4.58 Å². The maximum atomic E-state index is 5.52. The van der Waals surface area contributed by atoms with Gasteiger partial charge in [-0.1, -0.05) is 93.6 Å². The number of benzene rings is 4. The van der Waals surface area contributed by atoms with Crippen molar-refractivity contribution < 1.29 is 9.31 Å². The number of anilines is 1. The molecule has 0 N–H and O–H groups in total. The Morgan fingerprint density at radius 3 is 2.12 bits per heavy atom. The molecule has 3 heteroatoms. The number of hydrogen-bond donors (Lipinski definition) is 0. The van der Waals surface area contributed by atoms with Crippen LogP contribution in [0.25, 0.3) is 21.5 Å². The molecule has 0 saturated carbocycles. The molecule has 2 heterocycles. The second-order valence-corrected chi connectivity index (χ2v) is 12.6. The van der Waals surface area contributed by atoms with Crippen molar-refractivity contribution in [1.82, 2.24) is 0 Å². The van der Waals surface area contributed by atoms with Gasteiger partial charge in [-0.25, -0.2) is 0 Å². The largest absolute Gasteiger partial charge is 0.383 e. The summed E-state index contributed by atoms with van der Waals surface area (Å²) in [4.78, 5) is 2.44. The molecule has 2 aliphatic rings. The topological polar surface area (TPSA) is 15.5 Å². The average molecular weight is 556 g/mol. The summed E-state index contributed by atoms with van der Waals surface area (Å²) in [6.07, 6.45) is 12.3. The first-order chi connectivity index (χ1) is 20.3. The van der Waals surface area contributed by atoms with E-state index in [0.717, 1.165) is 19.5 Å². The number of rotatable bonds is 8. The molecule has 2 aliphatic heterocycles. The molecule has 0 aliphatic carbocycles. The third-order valence-electron chi connectivity index (χ3n) is 9.20. The number of fused-ring (bicyclic) bond motifs is 6. The zero-order chi connectivity index (χ0) is 29.5. The Morgan fingerprint density at radius 2 is 1.43 bits per heavy atom. The average Bonchev–Trinajstić information content (AvgIpc) is 3.34. The second kappa shape index (κ2) is 11.0. The van der Waals surface area contributed by atoms with E-state index in [1.807, 2.05) is 0 Å². The quantitative estimate of drug-likeness (QED) is 0.159. The van der Waals surface area contributed by atoms with Gasteiger partial charge in [0, 0.05) is 54.6 Å². The van der Waals surface area contributed by atoms with Gasteiger partial charge in [-0.3, -0.25) is 0 Å². The van der Waals surface area contributed by atoms with Gasteiger partial charge in [0.25, 0.3) is 0 Å². The molecule has 6 rings (SSSR count). The first-order valence-corrected chi connectivity index (χ1v) is 15.3. The first kappa shape index (κ1) is 28.2. The van der Waals surface area contributed by atoms with E-state index in [1.165, 1.54) is 55.5 Å². The van der Waals surface area contributed by atoms with Crippen LogP contribution in [0.1, 0.15) is 52.2 Å². The fraction of sp³-hybridized carbons (Fsp3) is 0.308. The molecule has 4 aromatic carbocycles. The number of nitrogens with zero attached hydrogens (tertiary/aromatic N) is 2. The summed E-state index contributed by atoms with van der Waals surface area (Å²) in [5.41, 5.74) is 7.92. The highest BCUT2D eigenvalue weighted by Crippen LogP contribution is 2.50.